The molecular formula is C15H17N3O3. The minimum absolute atomic E-state index is 0.0609. The van der Waals surface area contributed by atoms with Gasteiger partial charge < -0.3 is 15.2 Å². The fourth-order valence-electron chi connectivity index (χ4n) is 1.77. The van der Waals surface area contributed by atoms with Crippen LogP contribution in [0.5, 0.6) is 5.75 Å². The van der Waals surface area contributed by atoms with Gasteiger partial charge >= 0.3 is 5.97 Å². The van der Waals surface area contributed by atoms with E-state index >= 15 is 0 Å². The maximum Gasteiger partial charge on any atom is 0.354 e. The summed E-state index contributed by atoms with van der Waals surface area (Å²) in [6.45, 7) is 2.20. The summed E-state index contributed by atoms with van der Waals surface area (Å²) in [7, 11) is 1.67. The number of nitrogens with zero attached hydrogens (tertiary/aromatic N) is 2. The third-order valence-electron chi connectivity index (χ3n) is 2.95. The minimum atomic E-state index is -1.09. The Labute approximate surface area is 122 Å². The van der Waals surface area contributed by atoms with E-state index in [1.165, 1.54) is 11.6 Å². The number of aromatic nitrogens is 2. The zero-order valence-electron chi connectivity index (χ0n) is 12.0. The summed E-state index contributed by atoms with van der Waals surface area (Å²) < 4.78 is 5.58. The molecule has 0 aliphatic heterocycles. The van der Waals surface area contributed by atoms with Crippen LogP contribution in [0.15, 0.2) is 30.3 Å². The highest BCUT2D eigenvalue weighted by molar-refractivity contribution is 5.86. The van der Waals surface area contributed by atoms with E-state index in [4.69, 9.17) is 9.84 Å². The van der Waals surface area contributed by atoms with Crippen LogP contribution in [0.3, 0.4) is 0 Å². The van der Waals surface area contributed by atoms with Crippen LogP contribution >= 0.6 is 0 Å². The lowest BCUT2D eigenvalue weighted by Crippen LogP contribution is -2.10. The Bertz CT molecular complexity index is 627. The monoisotopic (exact) mass is 287 g/mol. The van der Waals surface area contributed by atoms with Gasteiger partial charge in [0.25, 0.3) is 0 Å². The van der Waals surface area contributed by atoms with Crippen LogP contribution in [0, 0.1) is 0 Å². The molecule has 2 rings (SSSR count). The summed E-state index contributed by atoms with van der Waals surface area (Å²) in [5, 5.41) is 11.8. The maximum absolute atomic E-state index is 11.0. The topological polar surface area (TPSA) is 84.3 Å². The molecule has 0 amide bonds. The molecule has 0 saturated heterocycles. The van der Waals surface area contributed by atoms with Crippen molar-refractivity contribution in [2.75, 3.05) is 12.4 Å². The number of ether oxygens (including phenoxy) is 1. The Morgan fingerprint density at radius 1 is 1.29 bits per heavy atom. The molecule has 0 spiro atoms. The highest BCUT2D eigenvalue weighted by Gasteiger charge is 2.10. The second-order valence-electron chi connectivity index (χ2n) is 4.40. The molecule has 21 heavy (non-hydrogen) atoms. The van der Waals surface area contributed by atoms with Crippen molar-refractivity contribution < 1.29 is 14.6 Å². The van der Waals surface area contributed by atoms with Crippen LogP contribution < -0.4 is 10.1 Å². The van der Waals surface area contributed by atoms with Crippen molar-refractivity contribution in [3.8, 4) is 5.75 Å². The van der Waals surface area contributed by atoms with Crippen molar-refractivity contribution in [2.45, 2.75) is 20.0 Å². The molecule has 110 valence electrons. The maximum atomic E-state index is 11.0. The van der Waals surface area contributed by atoms with Gasteiger partial charge in [0, 0.05) is 13.1 Å². The molecule has 1 heterocycles. The molecule has 1 aromatic heterocycles. The quantitative estimate of drug-likeness (QED) is 0.848. The van der Waals surface area contributed by atoms with Gasteiger partial charge in [-0.1, -0.05) is 19.1 Å². The number of carboxylic acids is 1. The van der Waals surface area contributed by atoms with Crippen molar-refractivity contribution >= 4 is 11.8 Å². The van der Waals surface area contributed by atoms with Crippen LogP contribution in [-0.4, -0.2) is 28.1 Å². The van der Waals surface area contributed by atoms with Gasteiger partial charge in [-0.3, -0.25) is 0 Å². The Morgan fingerprint density at radius 3 is 2.57 bits per heavy atom. The summed E-state index contributed by atoms with van der Waals surface area (Å²) >= 11 is 0. The molecule has 1 aromatic carbocycles. The highest BCUT2D eigenvalue weighted by Crippen LogP contribution is 2.14. The summed E-state index contributed by atoms with van der Waals surface area (Å²) in [5.41, 5.74) is 1.17. The number of aromatic carboxylic acids is 1. The van der Waals surface area contributed by atoms with Gasteiger partial charge in [-0.15, -0.1) is 0 Å². The molecule has 2 N–H and O–H groups in total. The molecule has 0 aliphatic carbocycles. The summed E-state index contributed by atoms with van der Waals surface area (Å²) in [4.78, 5) is 19.1. The lowest BCUT2D eigenvalue weighted by molar-refractivity contribution is 0.0689. The number of anilines is 1. The number of carboxylic acid groups (broad SMARTS) is 1. The van der Waals surface area contributed by atoms with E-state index in [1.807, 2.05) is 24.3 Å². The van der Waals surface area contributed by atoms with Crippen molar-refractivity contribution in [3.63, 3.8) is 0 Å². The second-order valence-corrected chi connectivity index (χ2v) is 4.40. The zero-order chi connectivity index (χ0) is 15.2. The van der Waals surface area contributed by atoms with Gasteiger partial charge in [0.05, 0.1) is 0 Å². The first kappa shape index (κ1) is 14.8. The fourth-order valence-corrected chi connectivity index (χ4v) is 1.77. The summed E-state index contributed by atoms with van der Waals surface area (Å²) in [5.74, 6) is 0.367. The zero-order valence-corrected chi connectivity index (χ0v) is 12.0. The van der Waals surface area contributed by atoms with Crippen molar-refractivity contribution in [2.24, 2.45) is 0 Å². The van der Waals surface area contributed by atoms with E-state index in [1.54, 1.807) is 7.05 Å². The van der Waals surface area contributed by atoms with Gasteiger partial charge in [0.1, 0.15) is 18.2 Å². The van der Waals surface area contributed by atoms with E-state index in [9.17, 15) is 4.79 Å². The number of carbonyl (C=O) groups is 1. The van der Waals surface area contributed by atoms with Crippen molar-refractivity contribution in [3.05, 3.63) is 47.4 Å². The van der Waals surface area contributed by atoms with Crippen LogP contribution in [0.25, 0.3) is 0 Å². The second kappa shape index (κ2) is 6.69. The Balaban J connectivity index is 2.11. The molecule has 0 fully saturated rings. The SMILES string of the molecule is CCc1ccc(OCc2nc(NC)cc(C(=O)O)n2)cc1. The average molecular weight is 287 g/mol. The predicted molar refractivity (Wildman–Crippen MR) is 78.7 cm³/mol. The van der Waals surface area contributed by atoms with E-state index in [2.05, 4.69) is 22.2 Å². The summed E-state index contributed by atoms with van der Waals surface area (Å²) in [6, 6.07) is 9.10. The smallest absolute Gasteiger partial charge is 0.354 e. The average Bonchev–Trinajstić information content (AvgIpc) is 2.53. The molecule has 0 radical (unpaired) electrons. The van der Waals surface area contributed by atoms with E-state index in [0.29, 0.717) is 17.4 Å². The Morgan fingerprint density at radius 2 is 2.00 bits per heavy atom. The van der Waals surface area contributed by atoms with Crippen LogP contribution in [0.1, 0.15) is 28.8 Å². The Kier molecular flexibility index (Phi) is 4.71. The number of hydrogen-bond acceptors (Lipinski definition) is 5. The highest BCUT2D eigenvalue weighted by atomic mass is 16.5. The number of benzene rings is 1. The third-order valence-corrected chi connectivity index (χ3v) is 2.95. The van der Waals surface area contributed by atoms with Crippen LogP contribution in [0.4, 0.5) is 5.82 Å². The predicted octanol–water partition coefficient (Wildman–Crippen LogP) is 2.36. The van der Waals surface area contributed by atoms with Gasteiger partial charge in [0.2, 0.25) is 0 Å². The minimum Gasteiger partial charge on any atom is -0.486 e. The largest absolute Gasteiger partial charge is 0.486 e. The van der Waals surface area contributed by atoms with E-state index < -0.39 is 5.97 Å². The molecule has 0 aliphatic rings. The van der Waals surface area contributed by atoms with E-state index in [0.717, 1.165) is 6.42 Å². The first-order chi connectivity index (χ1) is 10.1. The Hall–Kier alpha value is -2.63. The van der Waals surface area contributed by atoms with Crippen molar-refractivity contribution in [1.29, 1.82) is 0 Å². The number of aryl methyl sites for hydroxylation is 1. The van der Waals surface area contributed by atoms with Crippen molar-refractivity contribution in [1.82, 2.24) is 9.97 Å². The molecular weight excluding hydrogens is 270 g/mol. The normalized spacial score (nSPS) is 10.2. The van der Waals surface area contributed by atoms with Gasteiger partial charge in [-0.25, -0.2) is 14.8 Å². The molecule has 0 atom stereocenters. The lowest BCUT2D eigenvalue weighted by atomic mass is 10.2. The molecule has 0 bridgehead atoms. The summed E-state index contributed by atoms with van der Waals surface area (Å²) in [6.07, 6.45) is 0.968. The molecule has 6 nitrogen and oxygen atoms in total. The van der Waals surface area contributed by atoms with Crippen LogP contribution in [-0.2, 0) is 13.0 Å². The molecule has 0 saturated carbocycles. The first-order valence-electron chi connectivity index (χ1n) is 6.63. The molecule has 0 unspecified atom stereocenters. The molecule has 2 aromatic rings. The van der Waals surface area contributed by atoms with Gasteiger partial charge in [-0.05, 0) is 24.1 Å². The van der Waals surface area contributed by atoms with Gasteiger partial charge in [-0.2, -0.15) is 0 Å². The third kappa shape index (κ3) is 3.92. The standard InChI is InChI=1S/C15H17N3O3/c1-3-10-4-6-11(7-5-10)21-9-14-17-12(15(19)20)8-13(16-2)18-14/h4-8H,3,9H2,1-2H3,(H,19,20)(H,16,17,18). The fraction of sp³-hybridized carbons (Fsp3) is 0.267. The van der Waals surface area contributed by atoms with E-state index in [-0.39, 0.29) is 12.3 Å². The lowest BCUT2D eigenvalue weighted by Gasteiger charge is -2.08. The van der Waals surface area contributed by atoms with Gasteiger partial charge in [0.15, 0.2) is 11.5 Å². The number of hydrogen-bond donors (Lipinski definition) is 2. The molecule has 6 heteroatoms. The van der Waals surface area contributed by atoms with Crippen LogP contribution in [0.2, 0.25) is 0 Å². The first-order valence-corrected chi connectivity index (χ1v) is 6.63. The number of rotatable bonds is 6. The number of nitrogens with one attached hydrogen (secondary N) is 1.